The summed E-state index contributed by atoms with van der Waals surface area (Å²) >= 11 is 3.16. The van der Waals surface area contributed by atoms with Crippen LogP contribution in [0.1, 0.15) is 17.7 Å². The number of nitrogens with two attached hydrogens (primary N) is 1. The van der Waals surface area contributed by atoms with Crippen LogP contribution in [0.2, 0.25) is 0 Å². The van der Waals surface area contributed by atoms with Crippen molar-refractivity contribution in [2.24, 2.45) is 12.8 Å². The van der Waals surface area contributed by atoms with Crippen molar-refractivity contribution in [1.82, 2.24) is 20.0 Å². The normalized spacial score (nSPS) is 14.9. The third kappa shape index (κ3) is 2.60. The molecule has 0 bridgehead atoms. The Morgan fingerprint density at radius 1 is 1.56 bits per heavy atom. The molecule has 5 nitrogen and oxygen atoms in total. The summed E-state index contributed by atoms with van der Waals surface area (Å²) in [6.45, 7) is 1.99. The van der Waals surface area contributed by atoms with Gasteiger partial charge in [0.15, 0.2) is 4.34 Å². The van der Waals surface area contributed by atoms with Gasteiger partial charge in [0.05, 0.1) is 11.4 Å². The van der Waals surface area contributed by atoms with Gasteiger partial charge in [-0.3, -0.25) is 4.68 Å². The zero-order valence-corrected chi connectivity index (χ0v) is 10.7. The smallest absolute Gasteiger partial charge is 0.174 e. The van der Waals surface area contributed by atoms with Crippen LogP contribution in [0.15, 0.2) is 22.2 Å². The maximum Gasteiger partial charge on any atom is 0.174 e. The van der Waals surface area contributed by atoms with Crippen LogP contribution >= 0.6 is 23.1 Å². The summed E-state index contributed by atoms with van der Waals surface area (Å²) in [6.07, 6.45) is 3.84. The fourth-order valence-corrected chi connectivity index (χ4v) is 3.11. The number of rotatable bonds is 4. The Labute approximate surface area is 102 Å². The number of aromatic nitrogens is 4. The molecule has 7 heteroatoms. The Balaban J connectivity index is 2.18. The van der Waals surface area contributed by atoms with Gasteiger partial charge in [0.1, 0.15) is 5.51 Å². The zero-order chi connectivity index (χ0) is 11.5. The van der Waals surface area contributed by atoms with Gasteiger partial charge in [-0.15, -0.1) is 10.2 Å². The molecule has 0 aromatic carbocycles. The van der Waals surface area contributed by atoms with Crippen molar-refractivity contribution in [2.45, 2.75) is 22.6 Å². The Morgan fingerprint density at radius 2 is 2.38 bits per heavy atom. The predicted octanol–water partition coefficient (Wildman–Crippen LogP) is 1.45. The molecule has 2 aromatic heterocycles. The van der Waals surface area contributed by atoms with Crippen molar-refractivity contribution in [1.29, 1.82) is 0 Å². The lowest BCUT2D eigenvalue weighted by Crippen LogP contribution is -2.22. The second-order valence-corrected chi connectivity index (χ2v) is 5.77. The highest BCUT2D eigenvalue weighted by molar-refractivity contribution is 8.01. The van der Waals surface area contributed by atoms with Gasteiger partial charge in [-0.2, -0.15) is 5.10 Å². The van der Waals surface area contributed by atoms with Crippen molar-refractivity contribution < 1.29 is 0 Å². The second kappa shape index (κ2) is 4.94. The molecule has 2 aromatic rings. The predicted molar refractivity (Wildman–Crippen MR) is 65.4 cm³/mol. The summed E-state index contributed by atoms with van der Waals surface area (Å²) < 4.78 is 2.72. The van der Waals surface area contributed by atoms with E-state index in [-0.39, 0.29) is 11.3 Å². The SMILES string of the molecule is CC(N)C(Sc1nncs1)c1cnn(C)c1. The van der Waals surface area contributed by atoms with Crippen LogP contribution in [0.3, 0.4) is 0 Å². The van der Waals surface area contributed by atoms with E-state index in [9.17, 15) is 0 Å². The number of hydrogen-bond acceptors (Lipinski definition) is 6. The van der Waals surface area contributed by atoms with Gasteiger partial charge < -0.3 is 5.73 Å². The van der Waals surface area contributed by atoms with Crippen molar-refractivity contribution in [2.75, 3.05) is 0 Å². The van der Waals surface area contributed by atoms with Crippen LogP contribution in [-0.2, 0) is 7.05 Å². The van der Waals surface area contributed by atoms with Gasteiger partial charge in [-0.25, -0.2) is 0 Å². The monoisotopic (exact) mass is 255 g/mol. The van der Waals surface area contributed by atoms with Crippen molar-refractivity contribution in [3.8, 4) is 0 Å². The highest BCUT2D eigenvalue weighted by atomic mass is 32.2. The second-order valence-electron chi connectivity index (χ2n) is 3.55. The molecule has 2 unspecified atom stereocenters. The van der Waals surface area contributed by atoms with Crippen LogP contribution in [0.5, 0.6) is 0 Å². The zero-order valence-electron chi connectivity index (χ0n) is 9.07. The van der Waals surface area contributed by atoms with Gasteiger partial charge >= 0.3 is 0 Å². The number of aryl methyl sites for hydroxylation is 1. The van der Waals surface area contributed by atoms with Gasteiger partial charge in [0.25, 0.3) is 0 Å². The minimum Gasteiger partial charge on any atom is -0.327 e. The van der Waals surface area contributed by atoms with E-state index in [0.29, 0.717) is 0 Å². The summed E-state index contributed by atoms with van der Waals surface area (Å²) in [4.78, 5) is 0. The van der Waals surface area contributed by atoms with E-state index in [1.165, 1.54) is 11.3 Å². The highest BCUT2D eigenvalue weighted by Gasteiger charge is 2.20. The van der Waals surface area contributed by atoms with Gasteiger partial charge in [-0.05, 0) is 6.92 Å². The molecule has 0 fully saturated rings. The summed E-state index contributed by atoms with van der Waals surface area (Å²) in [7, 11) is 1.90. The minimum atomic E-state index is 0.0399. The summed E-state index contributed by atoms with van der Waals surface area (Å²) in [5.41, 5.74) is 8.84. The lowest BCUT2D eigenvalue weighted by molar-refractivity contribution is 0.717. The molecule has 2 N–H and O–H groups in total. The molecule has 0 aliphatic heterocycles. The fourth-order valence-electron chi connectivity index (χ4n) is 1.39. The number of hydrogen-bond donors (Lipinski definition) is 1. The van der Waals surface area contributed by atoms with E-state index in [4.69, 9.17) is 5.73 Å². The quantitative estimate of drug-likeness (QED) is 0.837. The molecule has 0 saturated heterocycles. The molecule has 0 amide bonds. The van der Waals surface area contributed by atoms with E-state index in [0.717, 1.165) is 9.90 Å². The Hall–Kier alpha value is -0.920. The van der Waals surface area contributed by atoms with E-state index in [1.807, 2.05) is 26.4 Å². The first kappa shape index (κ1) is 11.6. The summed E-state index contributed by atoms with van der Waals surface area (Å²) in [5.74, 6) is 0. The largest absolute Gasteiger partial charge is 0.327 e. The molecule has 2 atom stereocenters. The Bertz CT molecular complexity index is 436. The van der Waals surface area contributed by atoms with E-state index in [1.54, 1.807) is 22.0 Å². The minimum absolute atomic E-state index is 0.0399. The fraction of sp³-hybridized carbons (Fsp3) is 0.444. The van der Waals surface area contributed by atoms with E-state index >= 15 is 0 Å². The number of thioether (sulfide) groups is 1. The molecule has 0 aliphatic carbocycles. The highest BCUT2D eigenvalue weighted by Crippen LogP contribution is 2.37. The Morgan fingerprint density at radius 3 is 2.88 bits per heavy atom. The van der Waals surface area contributed by atoms with Crippen LogP contribution < -0.4 is 5.73 Å². The van der Waals surface area contributed by atoms with E-state index in [2.05, 4.69) is 15.3 Å². The molecule has 0 aliphatic rings. The third-order valence-corrected chi connectivity index (χ3v) is 4.40. The molecule has 0 saturated carbocycles. The lowest BCUT2D eigenvalue weighted by atomic mass is 10.1. The maximum atomic E-state index is 5.99. The topological polar surface area (TPSA) is 69.6 Å². The number of nitrogens with zero attached hydrogens (tertiary/aromatic N) is 4. The maximum absolute atomic E-state index is 5.99. The molecule has 16 heavy (non-hydrogen) atoms. The van der Waals surface area contributed by atoms with Gasteiger partial charge in [0, 0.05) is 24.8 Å². The van der Waals surface area contributed by atoms with Crippen LogP contribution in [-0.4, -0.2) is 26.0 Å². The molecule has 2 rings (SSSR count). The van der Waals surface area contributed by atoms with E-state index < -0.39 is 0 Å². The van der Waals surface area contributed by atoms with Crippen molar-refractivity contribution in [3.05, 3.63) is 23.5 Å². The van der Waals surface area contributed by atoms with Gasteiger partial charge in [-0.1, -0.05) is 23.1 Å². The summed E-state index contributed by atoms with van der Waals surface area (Å²) in [5, 5.41) is 12.2. The molecular weight excluding hydrogens is 242 g/mol. The molecule has 0 radical (unpaired) electrons. The van der Waals surface area contributed by atoms with Crippen molar-refractivity contribution >= 4 is 23.1 Å². The lowest BCUT2D eigenvalue weighted by Gasteiger charge is -2.16. The first-order chi connectivity index (χ1) is 7.66. The Kier molecular flexibility index (Phi) is 3.57. The molecule has 0 spiro atoms. The average Bonchev–Trinajstić information content (AvgIpc) is 2.84. The molecule has 86 valence electrons. The third-order valence-electron chi connectivity index (χ3n) is 2.10. The standard InChI is InChI=1S/C9H13N5S2/c1-6(10)8(7-3-12-14(2)4-7)16-9-13-11-5-15-9/h3-6,8H,10H2,1-2H3. The van der Waals surface area contributed by atoms with Crippen LogP contribution in [0.25, 0.3) is 0 Å². The molecule has 2 heterocycles. The average molecular weight is 255 g/mol. The first-order valence-electron chi connectivity index (χ1n) is 4.84. The summed E-state index contributed by atoms with van der Waals surface area (Å²) in [6, 6.07) is 0.0399. The first-order valence-corrected chi connectivity index (χ1v) is 6.59. The van der Waals surface area contributed by atoms with Gasteiger partial charge in [0.2, 0.25) is 0 Å². The van der Waals surface area contributed by atoms with Crippen molar-refractivity contribution in [3.63, 3.8) is 0 Å². The van der Waals surface area contributed by atoms with Crippen LogP contribution in [0, 0.1) is 0 Å². The van der Waals surface area contributed by atoms with Crippen LogP contribution in [0.4, 0.5) is 0 Å². The molecular formula is C9H13N5S2.